The van der Waals surface area contributed by atoms with E-state index >= 15 is 0 Å². The lowest BCUT2D eigenvalue weighted by Crippen LogP contribution is -2.36. The number of carbonyl (C=O) groups is 2. The Morgan fingerprint density at radius 1 is 1.21 bits per heavy atom. The number of amides is 2. The Balaban J connectivity index is 1.69. The normalized spacial score (nSPS) is 36.4. The Hall–Kier alpha value is -1.21. The Kier molecular flexibility index (Phi) is 2.79. The van der Waals surface area contributed by atoms with Gasteiger partial charge in [0.25, 0.3) is 10.1 Å². The van der Waals surface area contributed by atoms with Gasteiger partial charge in [0.2, 0.25) is 11.8 Å². The largest absolute Gasteiger partial charge is 0.280 e. The maximum atomic E-state index is 12.2. The van der Waals surface area contributed by atoms with Crippen LogP contribution in [0.5, 0.6) is 0 Å². The van der Waals surface area contributed by atoms with Gasteiger partial charge in [-0.2, -0.15) is 8.42 Å². The minimum absolute atomic E-state index is 0.0111. The molecule has 3 aliphatic rings. The molecule has 2 bridgehead atoms. The highest BCUT2D eigenvalue weighted by Gasteiger charge is 2.58. The van der Waals surface area contributed by atoms with E-state index in [1.165, 1.54) is 0 Å². The first-order valence-corrected chi connectivity index (χ1v) is 8.08. The molecule has 4 atom stereocenters. The molecule has 2 fully saturated rings. The molecule has 1 heterocycles. The average molecular weight is 285 g/mol. The maximum absolute atomic E-state index is 12.2. The van der Waals surface area contributed by atoms with Gasteiger partial charge in [0.1, 0.15) is 0 Å². The molecule has 19 heavy (non-hydrogen) atoms. The fourth-order valence-corrected chi connectivity index (χ4v) is 3.84. The summed E-state index contributed by atoms with van der Waals surface area (Å²) in [5.74, 6) is -0.478. The molecule has 0 spiro atoms. The predicted octanol–water partition coefficient (Wildman–Crippen LogP) is -0.230. The minimum atomic E-state index is -3.54. The third-order valence-corrected chi connectivity index (χ3v) is 4.77. The van der Waals surface area contributed by atoms with Crippen molar-refractivity contribution >= 4 is 21.9 Å². The van der Waals surface area contributed by atoms with Gasteiger partial charge in [-0.15, -0.1) is 0 Å². The Morgan fingerprint density at radius 2 is 1.74 bits per heavy atom. The lowest BCUT2D eigenvalue weighted by Gasteiger charge is -2.16. The SMILES string of the molecule is CS(=O)(=O)OCCN1C(=O)C2C3C=CC(C3)C2C1=O. The van der Waals surface area contributed by atoms with Crippen molar-refractivity contribution in [3.05, 3.63) is 12.2 Å². The van der Waals surface area contributed by atoms with Crippen LogP contribution in [0.15, 0.2) is 12.2 Å². The molecule has 4 unspecified atom stereocenters. The minimum Gasteiger partial charge on any atom is -0.280 e. The summed E-state index contributed by atoms with van der Waals surface area (Å²) >= 11 is 0. The number of rotatable bonds is 4. The average Bonchev–Trinajstić information content (AvgIpc) is 2.96. The molecule has 0 aromatic rings. The first kappa shape index (κ1) is 12.8. The topological polar surface area (TPSA) is 80.8 Å². The second kappa shape index (κ2) is 4.14. The standard InChI is InChI=1S/C12H15NO5S/c1-19(16,17)18-5-4-13-11(14)9-7-2-3-8(6-7)10(9)12(13)15/h2-3,7-10H,4-6H2,1H3. The van der Waals surface area contributed by atoms with Crippen molar-refractivity contribution in [3.8, 4) is 0 Å². The number of likely N-dealkylation sites (tertiary alicyclic amines) is 1. The van der Waals surface area contributed by atoms with Crippen molar-refractivity contribution in [2.45, 2.75) is 6.42 Å². The molecule has 0 radical (unpaired) electrons. The van der Waals surface area contributed by atoms with Gasteiger partial charge >= 0.3 is 0 Å². The summed E-state index contributed by atoms with van der Waals surface area (Å²) in [4.78, 5) is 25.6. The summed E-state index contributed by atoms with van der Waals surface area (Å²) < 4.78 is 26.3. The van der Waals surface area contributed by atoms with E-state index in [9.17, 15) is 18.0 Å². The molecule has 1 aliphatic heterocycles. The molecule has 1 saturated heterocycles. The summed E-state index contributed by atoms with van der Waals surface area (Å²) in [6.45, 7) is -0.157. The summed E-state index contributed by atoms with van der Waals surface area (Å²) in [7, 11) is -3.54. The summed E-state index contributed by atoms with van der Waals surface area (Å²) in [5, 5.41) is 0. The third-order valence-electron chi connectivity index (χ3n) is 4.17. The van der Waals surface area contributed by atoms with Crippen LogP contribution in [-0.2, 0) is 23.9 Å². The van der Waals surface area contributed by atoms with Gasteiger partial charge < -0.3 is 0 Å². The molecular formula is C12H15NO5S. The van der Waals surface area contributed by atoms with E-state index in [1.54, 1.807) is 0 Å². The number of nitrogens with zero attached hydrogens (tertiary/aromatic N) is 1. The van der Waals surface area contributed by atoms with Crippen molar-refractivity contribution in [3.63, 3.8) is 0 Å². The molecule has 6 nitrogen and oxygen atoms in total. The van der Waals surface area contributed by atoms with Crippen molar-refractivity contribution in [1.29, 1.82) is 0 Å². The van der Waals surface area contributed by atoms with Gasteiger partial charge in [0.15, 0.2) is 0 Å². The molecule has 0 N–H and O–H groups in total. The van der Waals surface area contributed by atoms with Crippen LogP contribution in [0.2, 0.25) is 0 Å². The maximum Gasteiger partial charge on any atom is 0.264 e. The zero-order chi connectivity index (χ0) is 13.8. The van der Waals surface area contributed by atoms with Gasteiger partial charge in [0.05, 0.1) is 31.2 Å². The quantitative estimate of drug-likeness (QED) is 0.405. The number of imide groups is 1. The molecular weight excluding hydrogens is 270 g/mol. The molecule has 3 rings (SSSR count). The highest BCUT2D eigenvalue weighted by molar-refractivity contribution is 7.85. The highest BCUT2D eigenvalue weighted by atomic mass is 32.2. The van der Waals surface area contributed by atoms with Crippen molar-refractivity contribution < 1.29 is 22.2 Å². The van der Waals surface area contributed by atoms with Crippen LogP contribution in [0, 0.1) is 23.7 Å². The lowest BCUT2D eigenvalue weighted by molar-refractivity contribution is -0.141. The molecule has 2 aliphatic carbocycles. The van der Waals surface area contributed by atoms with Crippen LogP contribution >= 0.6 is 0 Å². The summed E-state index contributed by atoms with van der Waals surface area (Å²) in [6.07, 6.45) is 5.88. The van der Waals surface area contributed by atoms with E-state index in [0.717, 1.165) is 17.6 Å². The van der Waals surface area contributed by atoms with Crippen LogP contribution in [0.1, 0.15) is 6.42 Å². The molecule has 7 heteroatoms. The monoisotopic (exact) mass is 285 g/mol. The van der Waals surface area contributed by atoms with Crippen LogP contribution in [-0.4, -0.2) is 44.5 Å². The zero-order valence-corrected chi connectivity index (χ0v) is 11.3. The molecule has 2 amide bonds. The molecule has 0 aromatic heterocycles. The third kappa shape index (κ3) is 2.01. The smallest absolute Gasteiger partial charge is 0.264 e. The van der Waals surface area contributed by atoms with Crippen LogP contribution in [0.4, 0.5) is 0 Å². The van der Waals surface area contributed by atoms with E-state index in [4.69, 9.17) is 0 Å². The Labute approximate surface area is 111 Å². The van der Waals surface area contributed by atoms with E-state index in [2.05, 4.69) is 4.18 Å². The highest BCUT2D eigenvalue weighted by Crippen LogP contribution is 2.52. The fourth-order valence-electron chi connectivity index (χ4n) is 3.46. The molecule has 1 saturated carbocycles. The second-order valence-corrected chi connectivity index (χ2v) is 7.00. The number of hydrogen-bond acceptors (Lipinski definition) is 5. The fraction of sp³-hybridized carbons (Fsp3) is 0.667. The zero-order valence-electron chi connectivity index (χ0n) is 10.5. The van der Waals surface area contributed by atoms with Crippen LogP contribution in [0.25, 0.3) is 0 Å². The first-order chi connectivity index (χ1) is 8.88. The second-order valence-electron chi connectivity index (χ2n) is 5.35. The van der Waals surface area contributed by atoms with E-state index in [1.807, 2.05) is 12.2 Å². The van der Waals surface area contributed by atoms with Crippen LogP contribution in [0.3, 0.4) is 0 Å². The summed E-state index contributed by atoms with van der Waals surface area (Å²) in [5.41, 5.74) is 0. The van der Waals surface area contributed by atoms with Crippen molar-refractivity contribution in [2.75, 3.05) is 19.4 Å². The van der Waals surface area contributed by atoms with E-state index in [0.29, 0.717) is 0 Å². The van der Waals surface area contributed by atoms with Gasteiger partial charge in [-0.05, 0) is 18.3 Å². The van der Waals surface area contributed by atoms with Crippen LogP contribution < -0.4 is 0 Å². The number of fused-ring (bicyclic) bond motifs is 5. The molecule has 104 valence electrons. The number of hydrogen-bond donors (Lipinski definition) is 0. The Bertz CT molecular complexity index is 537. The van der Waals surface area contributed by atoms with Gasteiger partial charge in [0, 0.05) is 0 Å². The summed E-state index contributed by atoms with van der Waals surface area (Å²) in [6, 6.07) is 0. The number of allylic oxidation sites excluding steroid dienone is 2. The van der Waals surface area contributed by atoms with E-state index in [-0.39, 0.29) is 48.6 Å². The predicted molar refractivity (Wildman–Crippen MR) is 65.2 cm³/mol. The Morgan fingerprint density at radius 3 is 2.21 bits per heavy atom. The number of carbonyl (C=O) groups excluding carboxylic acids is 2. The van der Waals surface area contributed by atoms with E-state index < -0.39 is 10.1 Å². The van der Waals surface area contributed by atoms with Gasteiger partial charge in [-0.25, -0.2) is 0 Å². The first-order valence-electron chi connectivity index (χ1n) is 6.26. The van der Waals surface area contributed by atoms with Gasteiger partial charge in [-0.3, -0.25) is 18.7 Å². The lowest BCUT2D eigenvalue weighted by atomic mass is 9.85. The van der Waals surface area contributed by atoms with Crippen molar-refractivity contribution in [1.82, 2.24) is 4.90 Å². The van der Waals surface area contributed by atoms with Gasteiger partial charge in [-0.1, -0.05) is 12.2 Å². The van der Waals surface area contributed by atoms with Crippen molar-refractivity contribution in [2.24, 2.45) is 23.7 Å². The molecule has 0 aromatic carbocycles.